The summed E-state index contributed by atoms with van der Waals surface area (Å²) in [5.74, 6) is 2.64. The fraction of sp³-hybridized carbons (Fsp3) is 0.364. The van der Waals surface area contributed by atoms with E-state index in [-0.39, 0.29) is 0 Å². The summed E-state index contributed by atoms with van der Waals surface area (Å²) in [5.41, 5.74) is 25.4. The molecule has 3 heteroatoms. The van der Waals surface area contributed by atoms with Gasteiger partial charge in [0.2, 0.25) is 0 Å². The average Bonchev–Trinajstić information content (AvgIpc) is 3.32. The predicted molar refractivity (Wildman–Crippen MR) is 303 cm³/mol. The number of nitrogens with zero attached hydrogens (tertiary/aromatic N) is 1. The first kappa shape index (κ1) is 51.5. The quantitative estimate of drug-likeness (QED) is 0.0701. The van der Waals surface area contributed by atoms with Crippen LogP contribution in [0.25, 0.3) is 66.8 Å². The summed E-state index contributed by atoms with van der Waals surface area (Å²) in [4.78, 5) is 13.0. The molecule has 0 radical (unpaired) electrons. The van der Waals surface area contributed by atoms with E-state index in [0.29, 0.717) is 47.3 Å². The van der Waals surface area contributed by atoms with Gasteiger partial charge in [0.25, 0.3) is 0 Å². The molecule has 69 heavy (non-hydrogen) atoms. The molecule has 0 atom stereocenters. The Balaban J connectivity index is 1.63. The second-order valence-electron chi connectivity index (χ2n) is 21.9. The molecular weight excluding hydrogens is 902 g/mol. The molecule has 0 amide bonds. The van der Waals surface area contributed by atoms with Crippen molar-refractivity contribution in [2.75, 3.05) is 0 Å². The van der Waals surface area contributed by atoms with Gasteiger partial charge in [0.05, 0.1) is 0 Å². The van der Waals surface area contributed by atoms with Gasteiger partial charge in [-0.3, -0.25) is 0 Å². The van der Waals surface area contributed by atoms with E-state index in [1.54, 1.807) is 0 Å². The maximum absolute atomic E-state index is 13.0. The summed E-state index contributed by atoms with van der Waals surface area (Å²) >= 11 is -0.714. The van der Waals surface area contributed by atoms with Gasteiger partial charge in [-0.2, -0.15) is 0 Å². The molecule has 7 rings (SSSR count). The summed E-state index contributed by atoms with van der Waals surface area (Å²) in [6.07, 6.45) is 0. The fourth-order valence-corrected chi connectivity index (χ4v) is 12.2. The SMILES string of the molecule is CC(C)c1cccc(C(C)C)c1-c1cc(-c2cccc(-c3cc(-c4c(C(C)C)cccc4C(C)C)cc(-c4c(C(C)C)cccc4C(C)C)c3)c2[Se]N=O)cc(-c2c(C(C)C)cccc2C(C)C)c1. The number of nitroso groups, excluding NO2 is 1. The second-order valence-corrected chi connectivity index (χ2v) is 23.5. The third-order valence-electron chi connectivity index (χ3n) is 14.3. The van der Waals surface area contributed by atoms with Crippen LogP contribution in [0.2, 0.25) is 0 Å². The molecule has 0 heterocycles. The summed E-state index contributed by atoms with van der Waals surface area (Å²) in [7, 11) is 0. The van der Waals surface area contributed by atoms with Crippen molar-refractivity contribution in [3.8, 4) is 66.8 Å². The van der Waals surface area contributed by atoms with Crippen LogP contribution in [0.3, 0.4) is 0 Å². The van der Waals surface area contributed by atoms with Gasteiger partial charge in [-0.15, -0.1) is 0 Å². The topological polar surface area (TPSA) is 29.4 Å². The van der Waals surface area contributed by atoms with E-state index >= 15 is 0 Å². The van der Waals surface area contributed by atoms with Crippen molar-refractivity contribution in [2.24, 2.45) is 4.19 Å². The van der Waals surface area contributed by atoms with Gasteiger partial charge < -0.3 is 0 Å². The third kappa shape index (κ3) is 10.6. The van der Waals surface area contributed by atoms with Gasteiger partial charge in [-0.25, -0.2) is 0 Å². The van der Waals surface area contributed by atoms with Crippen molar-refractivity contribution in [1.29, 1.82) is 0 Å². The molecule has 0 fully saturated rings. The monoisotopic (exact) mass is 980 g/mol. The van der Waals surface area contributed by atoms with Crippen LogP contribution in [-0.2, 0) is 0 Å². The summed E-state index contributed by atoms with van der Waals surface area (Å²) in [6.45, 7) is 37.0. The van der Waals surface area contributed by atoms with Crippen LogP contribution in [0.4, 0.5) is 0 Å². The van der Waals surface area contributed by atoms with Crippen molar-refractivity contribution in [2.45, 2.75) is 158 Å². The van der Waals surface area contributed by atoms with Crippen molar-refractivity contribution in [3.63, 3.8) is 0 Å². The van der Waals surface area contributed by atoms with Gasteiger partial charge in [0.15, 0.2) is 0 Å². The maximum atomic E-state index is 13.0. The van der Waals surface area contributed by atoms with Gasteiger partial charge in [-0.1, -0.05) is 0 Å². The van der Waals surface area contributed by atoms with Crippen LogP contribution < -0.4 is 4.46 Å². The van der Waals surface area contributed by atoms with E-state index in [9.17, 15) is 4.91 Å². The molecule has 0 N–H and O–H groups in total. The van der Waals surface area contributed by atoms with Crippen molar-refractivity contribution in [1.82, 2.24) is 0 Å². The Morgan fingerprint density at radius 2 is 0.478 bits per heavy atom. The van der Waals surface area contributed by atoms with Gasteiger partial charge in [-0.05, 0) is 0 Å². The number of rotatable bonds is 16. The summed E-state index contributed by atoms with van der Waals surface area (Å²) in [6, 6.07) is 48.8. The zero-order chi connectivity index (χ0) is 50.0. The van der Waals surface area contributed by atoms with E-state index in [1.165, 1.54) is 89.0 Å². The number of hydrogen-bond donors (Lipinski definition) is 0. The minimum atomic E-state index is -0.714. The van der Waals surface area contributed by atoms with E-state index in [4.69, 9.17) is 0 Å². The number of hydrogen-bond acceptors (Lipinski definition) is 2. The molecule has 2 nitrogen and oxygen atoms in total. The van der Waals surface area contributed by atoms with Crippen molar-refractivity contribution >= 4 is 19.6 Å². The Morgan fingerprint density at radius 3 is 0.667 bits per heavy atom. The minimum absolute atomic E-state index is 0.331. The molecule has 0 aliphatic rings. The van der Waals surface area contributed by atoms with E-state index in [2.05, 4.69) is 242 Å². The Morgan fingerprint density at radius 1 is 0.290 bits per heavy atom. The molecule has 7 aromatic rings. The Bertz CT molecular complexity index is 2500. The predicted octanol–water partition coefficient (Wildman–Crippen LogP) is 19.7. The molecular formula is C66H77NOSe. The molecule has 0 aliphatic carbocycles. The van der Waals surface area contributed by atoms with Crippen LogP contribution in [0.15, 0.2) is 132 Å². The van der Waals surface area contributed by atoms with Crippen LogP contribution in [0.5, 0.6) is 0 Å². The number of benzene rings is 7. The molecule has 0 saturated carbocycles. The zero-order valence-electron chi connectivity index (χ0n) is 44.5. The van der Waals surface area contributed by atoms with Crippen LogP contribution in [-0.4, -0.2) is 15.2 Å². The summed E-state index contributed by atoms with van der Waals surface area (Å²) < 4.78 is 4.82. The normalized spacial score (nSPS) is 12.1. The van der Waals surface area contributed by atoms with E-state index < -0.39 is 15.2 Å². The molecule has 0 unspecified atom stereocenters. The average molecular weight is 979 g/mol. The van der Waals surface area contributed by atoms with Crippen LogP contribution in [0, 0.1) is 4.91 Å². The summed E-state index contributed by atoms with van der Waals surface area (Å²) in [5, 5.41) is 0. The zero-order valence-corrected chi connectivity index (χ0v) is 46.2. The molecule has 0 saturated heterocycles. The first-order valence-electron chi connectivity index (χ1n) is 25.8. The molecule has 7 aromatic carbocycles. The Hall–Kier alpha value is -5.34. The molecule has 0 spiro atoms. The molecule has 358 valence electrons. The standard InChI is InChI=1S/C66H77NOSe/c1-38(2)52-22-17-23-53(39(3)4)62(52)48-32-46(33-49(36-48)63-54(40(5)6)24-18-25-55(63)41(7)8)60-30-21-31-61(66(60)69-67-68)47-34-50(64-56(42(9)10)26-19-27-57(64)43(11)12)37-51(35-47)65-58(44(13)14)28-20-29-59(65)45(15)16/h17-45H,1-16H3. The fourth-order valence-electron chi connectivity index (χ4n) is 10.8. The molecule has 0 aromatic heterocycles. The molecule has 0 aliphatic heterocycles. The first-order valence-corrected chi connectivity index (χ1v) is 27.4. The third-order valence-corrected chi connectivity index (χ3v) is 15.7. The van der Waals surface area contributed by atoms with Gasteiger partial charge in [0.1, 0.15) is 0 Å². The van der Waals surface area contributed by atoms with Crippen molar-refractivity contribution < 1.29 is 0 Å². The molecule has 0 bridgehead atoms. The van der Waals surface area contributed by atoms with Crippen LogP contribution >= 0.6 is 0 Å². The van der Waals surface area contributed by atoms with Crippen LogP contribution in [0.1, 0.15) is 203 Å². The van der Waals surface area contributed by atoms with Crippen molar-refractivity contribution in [3.05, 3.63) is 177 Å². The van der Waals surface area contributed by atoms with E-state index in [0.717, 1.165) is 26.7 Å². The van der Waals surface area contributed by atoms with Gasteiger partial charge in [0, 0.05) is 0 Å². The van der Waals surface area contributed by atoms with E-state index in [1.807, 2.05) is 0 Å². The first-order chi connectivity index (χ1) is 32.8. The van der Waals surface area contributed by atoms with Gasteiger partial charge >= 0.3 is 426 Å². The second kappa shape index (κ2) is 21.7. The Kier molecular flexibility index (Phi) is 16.2. The Labute approximate surface area is 423 Å².